The van der Waals surface area contributed by atoms with E-state index in [2.05, 4.69) is 275 Å². The van der Waals surface area contributed by atoms with E-state index in [4.69, 9.17) is 0 Å². The summed E-state index contributed by atoms with van der Waals surface area (Å²) in [5, 5.41) is 9.96. The van der Waals surface area contributed by atoms with Crippen LogP contribution in [0.1, 0.15) is 11.1 Å². The van der Waals surface area contributed by atoms with Crippen LogP contribution in [0.4, 0.5) is 34.1 Å². The smallest absolute Gasteiger partial charge is 0.0641 e. The van der Waals surface area contributed by atoms with E-state index in [9.17, 15) is 0 Å². The number of anilines is 6. The standard InChI is InChI=1S/C68H46N4/c1-43-21-19-33-49(45-23-7-3-8-24-45)65(43)69(47-27-11-5-12-28-47)59-39-37-51-55-41-62-56(42-61(55)71-57-35-17-15-31-53(57)63(59)67(51)71)52-38-40-60(64-54-32-16-18-36-58(54)72(62)68(52)64)70(48-29-13-6-14-30-48)66-44(2)22-20-34-50(66)46-25-9-4-10-26-46/h3-42H,1-2H3. The van der Waals surface area contributed by atoms with Gasteiger partial charge in [0.15, 0.2) is 0 Å². The Hall–Kier alpha value is -9.38. The largest absolute Gasteiger partial charge is 0.309 e. The number of para-hydroxylation sites is 6. The van der Waals surface area contributed by atoms with E-state index in [1.807, 2.05) is 0 Å². The molecule has 4 aromatic heterocycles. The van der Waals surface area contributed by atoms with E-state index >= 15 is 0 Å². The average molecular weight is 919 g/mol. The molecule has 0 radical (unpaired) electrons. The van der Waals surface area contributed by atoms with Crippen molar-refractivity contribution in [3.8, 4) is 22.3 Å². The second-order valence-electron chi connectivity index (χ2n) is 19.3. The monoisotopic (exact) mass is 918 g/mol. The maximum Gasteiger partial charge on any atom is 0.0641 e. The summed E-state index contributed by atoms with van der Waals surface area (Å²) < 4.78 is 5.10. The molecule has 0 aliphatic rings. The maximum absolute atomic E-state index is 2.55. The zero-order chi connectivity index (χ0) is 47.6. The van der Waals surface area contributed by atoms with Crippen LogP contribution in [0.2, 0.25) is 0 Å². The Bertz CT molecular complexity index is 4280. The summed E-state index contributed by atoms with van der Waals surface area (Å²) in [6.07, 6.45) is 0. The zero-order valence-corrected chi connectivity index (χ0v) is 39.9. The minimum atomic E-state index is 1.12. The predicted molar refractivity (Wildman–Crippen MR) is 305 cm³/mol. The van der Waals surface area contributed by atoms with E-state index in [1.54, 1.807) is 0 Å². The first-order chi connectivity index (χ1) is 35.6. The molecular formula is C68H46N4. The molecule has 0 aliphatic carbocycles. The van der Waals surface area contributed by atoms with Gasteiger partial charge < -0.3 is 18.6 Å². The number of aromatic nitrogens is 2. The summed E-state index contributed by atoms with van der Waals surface area (Å²) >= 11 is 0. The van der Waals surface area contributed by atoms with Gasteiger partial charge in [0, 0.05) is 65.6 Å². The van der Waals surface area contributed by atoms with E-state index < -0.39 is 0 Å². The highest BCUT2D eigenvalue weighted by Gasteiger charge is 2.30. The van der Waals surface area contributed by atoms with Crippen molar-refractivity contribution in [2.24, 2.45) is 0 Å². The summed E-state index contributed by atoms with van der Waals surface area (Å²) in [6, 6.07) is 89.3. The van der Waals surface area contributed by atoms with Gasteiger partial charge in [0.05, 0.1) is 55.8 Å². The number of rotatable bonds is 8. The lowest BCUT2D eigenvalue weighted by atomic mass is 9.97. The lowest BCUT2D eigenvalue weighted by Gasteiger charge is -2.30. The fraction of sp³-hybridized carbons (Fsp3) is 0.0294. The number of fused-ring (bicyclic) bond motifs is 12. The minimum absolute atomic E-state index is 1.12. The molecule has 4 heteroatoms. The van der Waals surface area contributed by atoms with E-state index in [0.29, 0.717) is 0 Å². The molecule has 11 aromatic carbocycles. The van der Waals surface area contributed by atoms with Gasteiger partial charge in [0.25, 0.3) is 0 Å². The fourth-order valence-corrected chi connectivity index (χ4v) is 12.4. The predicted octanol–water partition coefficient (Wildman–Crippen LogP) is 18.9. The van der Waals surface area contributed by atoms with Crippen LogP contribution in [0.15, 0.2) is 243 Å². The van der Waals surface area contributed by atoms with E-state index in [1.165, 1.54) is 121 Å². The van der Waals surface area contributed by atoms with Crippen molar-refractivity contribution in [1.82, 2.24) is 8.80 Å². The van der Waals surface area contributed by atoms with E-state index in [-0.39, 0.29) is 0 Å². The van der Waals surface area contributed by atoms with Crippen molar-refractivity contribution in [3.63, 3.8) is 0 Å². The van der Waals surface area contributed by atoms with Crippen LogP contribution < -0.4 is 9.80 Å². The minimum Gasteiger partial charge on any atom is -0.309 e. The molecule has 0 spiro atoms. The van der Waals surface area contributed by atoms with Crippen LogP contribution in [0.25, 0.3) is 98.4 Å². The third kappa shape index (κ3) is 5.69. The molecule has 0 atom stereocenters. The SMILES string of the molecule is Cc1cccc(-c2ccccc2)c1N(c1ccccc1)c1ccc2c3cc4c(cc3n3c5ccccc5c1c23)c1ccc(N(c2ccccc2)c2c(C)cccc2-c2ccccc2)c2c3ccccc3n4c12. The zero-order valence-electron chi connectivity index (χ0n) is 39.9. The van der Waals surface area contributed by atoms with E-state index in [0.717, 1.165) is 22.7 Å². The Morgan fingerprint density at radius 3 is 1.08 bits per heavy atom. The van der Waals surface area contributed by atoms with Crippen LogP contribution >= 0.6 is 0 Å². The normalized spacial score (nSPS) is 12.0. The van der Waals surface area contributed by atoms with Gasteiger partial charge in [0.2, 0.25) is 0 Å². The molecule has 15 aromatic rings. The van der Waals surface area contributed by atoms with Gasteiger partial charge in [-0.25, -0.2) is 0 Å². The fourth-order valence-electron chi connectivity index (χ4n) is 12.4. The Labute approximate surface area is 416 Å². The molecule has 0 saturated heterocycles. The Morgan fingerprint density at radius 2 is 0.667 bits per heavy atom. The average Bonchev–Trinajstić information content (AvgIpc) is 4.17. The topological polar surface area (TPSA) is 15.3 Å². The number of nitrogens with zero attached hydrogens (tertiary/aromatic N) is 4. The Morgan fingerprint density at radius 1 is 0.292 bits per heavy atom. The first kappa shape index (κ1) is 40.5. The third-order valence-electron chi connectivity index (χ3n) is 15.4. The Balaban J connectivity index is 1.02. The van der Waals surface area contributed by atoms with Gasteiger partial charge >= 0.3 is 0 Å². The first-order valence-corrected chi connectivity index (χ1v) is 24.9. The molecule has 0 bridgehead atoms. The van der Waals surface area contributed by atoms with Crippen LogP contribution in [-0.4, -0.2) is 8.80 Å². The summed E-state index contributed by atoms with van der Waals surface area (Å²) in [6.45, 7) is 4.49. The molecular weight excluding hydrogens is 873 g/mol. The molecule has 338 valence electrons. The first-order valence-electron chi connectivity index (χ1n) is 24.9. The molecule has 4 nitrogen and oxygen atoms in total. The summed E-state index contributed by atoms with van der Waals surface area (Å²) in [5.74, 6) is 0. The second kappa shape index (κ2) is 15.6. The van der Waals surface area contributed by atoms with Crippen molar-refractivity contribution in [2.75, 3.05) is 9.80 Å². The molecule has 0 fully saturated rings. The summed E-state index contributed by atoms with van der Waals surface area (Å²) in [4.78, 5) is 5.01. The van der Waals surface area contributed by atoms with Crippen LogP contribution in [0, 0.1) is 13.8 Å². The lowest BCUT2D eigenvalue weighted by Crippen LogP contribution is -2.13. The molecule has 0 saturated carbocycles. The van der Waals surface area contributed by atoms with Crippen molar-refractivity contribution >= 4 is 110 Å². The number of hydrogen-bond acceptors (Lipinski definition) is 2. The Kier molecular flexibility index (Phi) is 8.75. The van der Waals surface area contributed by atoms with Gasteiger partial charge in [-0.05, 0) is 96.8 Å². The second-order valence-corrected chi connectivity index (χ2v) is 19.3. The van der Waals surface area contributed by atoms with Gasteiger partial charge in [-0.1, -0.05) is 182 Å². The number of hydrogen-bond donors (Lipinski definition) is 0. The number of benzene rings is 11. The summed E-state index contributed by atoms with van der Waals surface area (Å²) in [7, 11) is 0. The highest BCUT2D eigenvalue weighted by atomic mass is 15.2. The van der Waals surface area contributed by atoms with Crippen molar-refractivity contribution < 1.29 is 0 Å². The highest BCUT2D eigenvalue weighted by Crippen LogP contribution is 2.53. The number of aryl methyl sites for hydroxylation is 2. The lowest BCUT2D eigenvalue weighted by molar-refractivity contribution is 1.26. The molecule has 0 amide bonds. The third-order valence-corrected chi connectivity index (χ3v) is 15.4. The van der Waals surface area contributed by atoms with Gasteiger partial charge in [-0.3, -0.25) is 0 Å². The van der Waals surface area contributed by atoms with Crippen molar-refractivity contribution in [1.29, 1.82) is 0 Å². The van der Waals surface area contributed by atoms with Crippen LogP contribution in [0.3, 0.4) is 0 Å². The molecule has 0 N–H and O–H groups in total. The molecule has 0 unspecified atom stereocenters. The molecule has 4 heterocycles. The van der Waals surface area contributed by atoms with Gasteiger partial charge in [-0.2, -0.15) is 0 Å². The highest BCUT2D eigenvalue weighted by molar-refractivity contribution is 6.32. The van der Waals surface area contributed by atoms with Crippen LogP contribution in [0.5, 0.6) is 0 Å². The van der Waals surface area contributed by atoms with Crippen molar-refractivity contribution in [2.45, 2.75) is 13.8 Å². The van der Waals surface area contributed by atoms with Gasteiger partial charge in [0.1, 0.15) is 0 Å². The molecule has 0 aliphatic heterocycles. The maximum atomic E-state index is 2.55. The van der Waals surface area contributed by atoms with Gasteiger partial charge in [-0.15, -0.1) is 0 Å². The molecule has 15 rings (SSSR count). The van der Waals surface area contributed by atoms with Crippen molar-refractivity contribution in [3.05, 3.63) is 254 Å². The quantitative estimate of drug-likeness (QED) is 0.151. The summed E-state index contributed by atoms with van der Waals surface area (Å²) in [5.41, 5.74) is 21.4. The molecule has 72 heavy (non-hydrogen) atoms. The van der Waals surface area contributed by atoms with Crippen LogP contribution in [-0.2, 0) is 0 Å².